The largest absolute Gasteiger partial charge is 0.314 e. The van der Waals surface area contributed by atoms with Crippen molar-refractivity contribution in [2.75, 3.05) is 19.6 Å². The van der Waals surface area contributed by atoms with E-state index < -0.39 is 23.8 Å². The molecule has 4 amide bonds. The fourth-order valence-electron chi connectivity index (χ4n) is 4.56. The van der Waals surface area contributed by atoms with Gasteiger partial charge in [-0.05, 0) is 24.5 Å². The quantitative estimate of drug-likeness (QED) is 0.707. The summed E-state index contributed by atoms with van der Waals surface area (Å²) in [5.41, 5.74) is 1.56. The first kappa shape index (κ1) is 19.7. The van der Waals surface area contributed by atoms with Crippen molar-refractivity contribution in [1.29, 1.82) is 0 Å². The number of piperidine rings is 1. The van der Waals surface area contributed by atoms with Crippen LogP contribution < -0.4 is 10.6 Å². The molecule has 2 unspecified atom stereocenters. The number of nitrogens with one attached hydrogen (secondary N) is 2. The second-order valence-corrected chi connectivity index (χ2v) is 7.90. The number of carbonyl (C=O) groups is 4. The van der Waals surface area contributed by atoms with E-state index in [9.17, 15) is 19.2 Å². The summed E-state index contributed by atoms with van der Waals surface area (Å²) in [5.74, 6) is -1.84. The molecule has 0 radical (unpaired) electrons. The Hall–Kier alpha value is -2.58. The summed E-state index contributed by atoms with van der Waals surface area (Å²) in [6, 6.07) is 4.79. The normalized spacial score (nSPS) is 25.3. The van der Waals surface area contributed by atoms with E-state index in [1.807, 2.05) is 6.07 Å². The summed E-state index contributed by atoms with van der Waals surface area (Å²) in [7, 11) is 0. The van der Waals surface area contributed by atoms with Crippen LogP contribution in [0.1, 0.15) is 58.9 Å². The van der Waals surface area contributed by atoms with Gasteiger partial charge < -0.3 is 5.32 Å². The van der Waals surface area contributed by atoms with Crippen LogP contribution in [0.25, 0.3) is 0 Å². The van der Waals surface area contributed by atoms with Gasteiger partial charge in [0, 0.05) is 38.6 Å². The smallest absolute Gasteiger partial charge is 0.262 e. The van der Waals surface area contributed by atoms with E-state index in [-0.39, 0.29) is 18.7 Å². The number of benzene rings is 1. The lowest BCUT2D eigenvalue weighted by molar-refractivity contribution is -0.136. The first-order valence-electron chi connectivity index (χ1n) is 10.3. The Morgan fingerprint density at radius 2 is 1.97 bits per heavy atom. The van der Waals surface area contributed by atoms with E-state index in [2.05, 4.69) is 22.5 Å². The number of carbonyl (C=O) groups excluding carboxylic acids is 4. The topological polar surface area (TPSA) is 98.8 Å². The third-order valence-electron chi connectivity index (χ3n) is 6.02. The van der Waals surface area contributed by atoms with Gasteiger partial charge in [0.1, 0.15) is 6.04 Å². The number of hydrogen-bond acceptors (Lipinski definition) is 6. The van der Waals surface area contributed by atoms with Crippen molar-refractivity contribution < 1.29 is 19.2 Å². The Morgan fingerprint density at radius 3 is 2.72 bits per heavy atom. The highest BCUT2D eigenvalue weighted by molar-refractivity contribution is 6.24. The zero-order valence-corrected chi connectivity index (χ0v) is 16.6. The average Bonchev–Trinajstić information content (AvgIpc) is 2.95. The van der Waals surface area contributed by atoms with Crippen molar-refractivity contribution in [1.82, 2.24) is 20.4 Å². The SMILES string of the molecule is CCCC1CNCCN1Cc1cccc2c1C(=O)N(C1CCC(=O)NC1=O)C2=O. The van der Waals surface area contributed by atoms with Gasteiger partial charge in [0.25, 0.3) is 11.8 Å². The third kappa shape index (κ3) is 3.58. The van der Waals surface area contributed by atoms with Crippen molar-refractivity contribution in [2.45, 2.75) is 51.2 Å². The first-order valence-corrected chi connectivity index (χ1v) is 10.3. The van der Waals surface area contributed by atoms with Crippen molar-refractivity contribution >= 4 is 23.6 Å². The van der Waals surface area contributed by atoms with Gasteiger partial charge in [0.15, 0.2) is 0 Å². The molecule has 0 spiro atoms. The van der Waals surface area contributed by atoms with E-state index in [4.69, 9.17) is 0 Å². The molecular formula is C21H26N4O4. The van der Waals surface area contributed by atoms with E-state index in [0.29, 0.717) is 23.7 Å². The standard InChI is InChI=1S/C21H26N4O4/c1-2-4-14-11-22-9-10-24(14)12-13-5-3-6-15-18(13)21(29)25(20(15)28)16-7-8-17(26)23-19(16)27/h3,5-6,14,16,22H,2,4,7-12H2,1H3,(H,23,26,27). The lowest BCUT2D eigenvalue weighted by Crippen LogP contribution is -2.54. The highest BCUT2D eigenvalue weighted by Gasteiger charge is 2.45. The van der Waals surface area contributed by atoms with Crippen molar-refractivity contribution in [2.24, 2.45) is 0 Å². The average molecular weight is 398 g/mol. The van der Waals surface area contributed by atoms with Crippen molar-refractivity contribution in [3.63, 3.8) is 0 Å². The molecule has 3 heterocycles. The molecule has 29 heavy (non-hydrogen) atoms. The zero-order valence-electron chi connectivity index (χ0n) is 16.6. The summed E-state index contributed by atoms with van der Waals surface area (Å²) in [6.45, 7) is 5.45. The number of piperazine rings is 1. The molecule has 3 aliphatic rings. The van der Waals surface area contributed by atoms with Crippen LogP contribution in [0.15, 0.2) is 18.2 Å². The number of amides is 4. The molecule has 0 aromatic heterocycles. The number of hydrogen-bond donors (Lipinski definition) is 2. The van der Waals surface area contributed by atoms with Crippen LogP contribution >= 0.6 is 0 Å². The maximum atomic E-state index is 13.2. The maximum absolute atomic E-state index is 13.2. The molecule has 2 atom stereocenters. The molecule has 0 bridgehead atoms. The summed E-state index contributed by atoms with van der Waals surface area (Å²) in [6.07, 6.45) is 2.44. The minimum atomic E-state index is -0.931. The molecule has 2 saturated heterocycles. The predicted molar refractivity (Wildman–Crippen MR) is 105 cm³/mol. The minimum absolute atomic E-state index is 0.121. The maximum Gasteiger partial charge on any atom is 0.262 e. The van der Waals surface area contributed by atoms with Crippen LogP contribution in [-0.2, 0) is 16.1 Å². The molecule has 2 N–H and O–H groups in total. The number of nitrogens with zero attached hydrogens (tertiary/aromatic N) is 2. The fraction of sp³-hybridized carbons (Fsp3) is 0.524. The molecule has 4 rings (SSSR count). The lowest BCUT2D eigenvalue weighted by atomic mass is 10.0. The second-order valence-electron chi connectivity index (χ2n) is 7.90. The van der Waals surface area contributed by atoms with Crippen LogP contribution in [0.5, 0.6) is 0 Å². The number of rotatable bonds is 5. The molecule has 2 fully saturated rings. The van der Waals surface area contributed by atoms with Crippen molar-refractivity contribution in [3.8, 4) is 0 Å². The zero-order chi connectivity index (χ0) is 20.5. The third-order valence-corrected chi connectivity index (χ3v) is 6.02. The Labute approximate surface area is 169 Å². The van der Waals surface area contributed by atoms with Gasteiger partial charge in [-0.1, -0.05) is 25.5 Å². The molecule has 1 aromatic rings. The summed E-state index contributed by atoms with van der Waals surface area (Å²) < 4.78 is 0. The molecular weight excluding hydrogens is 372 g/mol. The highest BCUT2D eigenvalue weighted by Crippen LogP contribution is 2.31. The molecule has 0 aliphatic carbocycles. The predicted octanol–water partition coefficient (Wildman–Crippen LogP) is 0.662. The van der Waals surface area contributed by atoms with Gasteiger partial charge in [0.2, 0.25) is 11.8 Å². The van der Waals surface area contributed by atoms with Gasteiger partial charge in [0.05, 0.1) is 11.1 Å². The highest BCUT2D eigenvalue weighted by atomic mass is 16.2. The lowest BCUT2D eigenvalue weighted by Gasteiger charge is -2.36. The Bertz CT molecular complexity index is 866. The Balaban J connectivity index is 1.61. The van der Waals surface area contributed by atoms with Crippen LogP contribution in [0.2, 0.25) is 0 Å². The van der Waals surface area contributed by atoms with Crippen LogP contribution in [-0.4, -0.2) is 65.1 Å². The molecule has 0 saturated carbocycles. The van der Waals surface area contributed by atoms with Crippen LogP contribution in [0.3, 0.4) is 0 Å². The number of fused-ring (bicyclic) bond motifs is 1. The van der Waals surface area contributed by atoms with E-state index in [0.717, 1.165) is 42.9 Å². The summed E-state index contributed by atoms with van der Waals surface area (Å²) in [5, 5.41) is 5.65. The fourth-order valence-corrected chi connectivity index (χ4v) is 4.56. The van der Waals surface area contributed by atoms with Gasteiger partial charge in [-0.25, -0.2) is 0 Å². The molecule has 154 valence electrons. The number of imide groups is 2. The Morgan fingerprint density at radius 1 is 1.14 bits per heavy atom. The van der Waals surface area contributed by atoms with Gasteiger partial charge in [-0.15, -0.1) is 0 Å². The molecule has 1 aromatic carbocycles. The summed E-state index contributed by atoms with van der Waals surface area (Å²) in [4.78, 5) is 53.3. The Kier molecular flexibility index (Phi) is 5.47. The second kappa shape index (κ2) is 8.04. The van der Waals surface area contributed by atoms with E-state index in [1.54, 1.807) is 12.1 Å². The van der Waals surface area contributed by atoms with Gasteiger partial charge in [-0.3, -0.25) is 34.3 Å². The van der Waals surface area contributed by atoms with Gasteiger partial charge in [-0.2, -0.15) is 0 Å². The van der Waals surface area contributed by atoms with Gasteiger partial charge >= 0.3 is 0 Å². The summed E-state index contributed by atoms with van der Waals surface area (Å²) >= 11 is 0. The minimum Gasteiger partial charge on any atom is -0.314 e. The van der Waals surface area contributed by atoms with Crippen molar-refractivity contribution in [3.05, 3.63) is 34.9 Å². The monoisotopic (exact) mass is 398 g/mol. The van der Waals surface area contributed by atoms with E-state index in [1.165, 1.54) is 0 Å². The molecule has 8 heteroatoms. The van der Waals surface area contributed by atoms with Crippen LogP contribution in [0.4, 0.5) is 0 Å². The molecule has 8 nitrogen and oxygen atoms in total. The van der Waals surface area contributed by atoms with Crippen LogP contribution in [0, 0.1) is 0 Å². The molecule has 3 aliphatic heterocycles. The van der Waals surface area contributed by atoms with E-state index >= 15 is 0 Å². The first-order chi connectivity index (χ1) is 14.0.